The lowest BCUT2D eigenvalue weighted by Gasteiger charge is -2.53. The van der Waals surface area contributed by atoms with Gasteiger partial charge in [-0.25, -0.2) is 4.39 Å². The largest absolute Gasteiger partial charge is 0.490 e. The van der Waals surface area contributed by atoms with E-state index in [2.05, 4.69) is 51.8 Å². The maximum Gasteiger partial charge on any atom is 0.123 e. The first-order chi connectivity index (χ1) is 12.2. The first-order valence-corrected chi connectivity index (χ1v) is 9.91. The van der Waals surface area contributed by atoms with E-state index < -0.39 is 0 Å². The molecule has 0 atom stereocenters. The fourth-order valence-corrected chi connectivity index (χ4v) is 4.60. The Kier molecular flexibility index (Phi) is 5.36. The van der Waals surface area contributed by atoms with Crippen molar-refractivity contribution in [3.63, 3.8) is 0 Å². The highest BCUT2D eigenvalue weighted by atomic mass is 32.2. The summed E-state index contributed by atoms with van der Waals surface area (Å²) in [4.78, 5) is 4.61. The van der Waals surface area contributed by atoms with E-state index in [1.807, 2.05) is 12.1 Å². The van der Waals surface area contributed by atoms with Crippen LogP contribution >= 0.6 is 11.8 Å². The van der Waals surface area contributed by atoms with E-state index in [0.29, 0.717) is 0 Å². The van der Waals surface area contributed by atoms with Crippen molar-refractivity contribution in [2.45, 2.75) is 67.5 Å². The van der Waals surface area contributed by atoms with Gasteiger partial charge in [0.15, 0.2) is 0 Å². The van der Waals surface area contributed by atoms with E-state index in [4.69, 9.17) is 4.74 Å². The van der Waals surface area contributed by atoms with Crippen LogP contribution in [0.25, 0.3) is 0 Å². The van der Waals surface area contributed by atoms with Gasteiger partial charge in [0.1, 0.15) is 17.7 Å². The molecule has 0 saturated carbocycles. The molecule has 1 aliphatic rings. The van der Waals surface area contributed by atoms with Crippen LogP contribution in [0.2, 0.25) is 0 Å². The number of hydrogen-bond donors (Lipinski definition) is 0. The van der Waals surface area contributed by atoms with Gasteiger partial charge < -0.3 is 4.74 Å². The van der Waals surface area contributed by atoms with Gasteiger partial charge >= 0.3 is 0 Å². The van der Waals surface area contributed by atoms with E-state index in [1.165, 1.54) is 12.1 Å². The summed E-state index contributed by atoms with van der Waals surface area (Å²) in [6.07, 6.45) is 2.24. The van der Waals surface area contributed by atoms with Crippen molar-refractivity contribution >= 4 is 11.8 Å². The van der Waals surface area contributed by atoms with Crippen LogP contribution in [0.5, 0.6) is 5.75 Å². The summed E-state index contributed by atoms with van der Waals surface area (Å²) in [6.45, 7) is 9.14. The summed E-state index contributed by atoms with van der Waals surface area (Å²) in [6, 6.07) is 14.8. The van der Waals surface area contributed by atoms with Gasteiger partial charge in [-0.15, -0.1) is 0 Å². The third-order valence-corrected chi connectivity index (χ3v) is 6.46. The Morgan fingerprint density at radius 2 is 1.35 bits per heavy atom. The SMILES string of the molecule is CN1C(C)(C)CC(Oc2ccc(Sc3ccc(F)cc3)cc2)CC1(C)C. The zero-order chi connectivity index (χ0) is 18.9. The molecule has 1 aliphatic heterocycles. The van der Waals surface area contributed by atoms with Crippen molar-refractivity contribution in [2.75, 3.05) is 7.05 Å². The Labute approximate surface area is 160 Å². The van der Waals surface area contributed by atoms with Gasteiger partial charge in [0.25, 0.3) is 0 Å². The molecule has 1 saturated heterocycles. The number of halogens is 1. The average Bonchev–Trinajstić information content (AvgIpc) is 2.56. The topological polar surface area (TPSA) is 12.5 Å². The van der Waals surface area contributed by atoms with E-state index in [-0.39, 0.29) is 23.0 Å². The lowest BCUT2D eigenvalue weighted by molar-refractivity contribution is -0.0556. The molecule has 2 aromatic rings. The lowest BCUT2D eigenvalue weighted by atomic mass is 9.79. The molecule has 0 N–H and O–H groups in total. The average molecular weight is 374 g/mol. The molecule has 1 heterocycles. The molecule has 0 aromatic heterocycles. The van der Waals surface area contributed by atoms with Crippen LogP contribution in [-0.2, 0) is 0 Å². The van der Waals surface area contributed by atoms with Crippen molar-refractivity contribution in [3.05, 3.63) is 54.3 Å². The molecule has 0 unspecified atom stereocenters. The molecule has 0 aliphatic carbocycles. The van der Waals surface area contributed by atoms with Gasteiger partial charge in [-0.1, -0.05) is 11.8 Å². The van der Waals surface area contributed by atoms with Gasteiger partial charge in [0.05, 0.1) is 0 Å². The van der Waals surface area contributed by atoms with Crippen molar-refractivity contribution in [1.82, 2.24) is 4.90 Å². The van der Waals surface area contributed by atoms with Crippen LogP contribution in [0, 0.1) is 5.82 Å². The molecule has 2 aromatic carbocycles. The molecular formula is C22H28FNOS. The van der Waals surface area contributed by atoms with Gasteiger partial charge in [0, 0.05) is 33.7 Å². The highest BCUT2D eigenvalue weighted by molar-refractivity contribution is 7.99. The van der Waals surface area contributed by atoms with E-state index in [9.17, 15) is 4.39 Å². The highest BCUT2D eigenvalue weighted by Gasteiger charge is 2.43. The summed E-state index contributed by atoms with van der Waals surface area (Å²) in [5.74, 6) is 0.705. The van der Waals surface area contributed by atoms with Gasteiger partial charge in [-0.2, -0.15) is 0 Å². The van der Waals surface area contributed by atoms with Gasteiger partial charge in [0.2, 0.25) is 0 Å². The zero-order valence-electron chi connectivity index (χ0n) is 16.3. The monoisotopic (exact) mass is 373 g/mol. The summed E-state index contributed by atoms with van der Waals surface area (Å²) in [7, 11) is 2.21. The number of rotatable bonds is 4. The van der Waals surface area contributed by atoms with Crippen molar-refractivity contribution in [2.24, 2.45) is 0 Å². The fraction of sp³-hybridized carbons (Fsp3) is 0.455. The molecule has 0 spiro atoms. The number of hydrogen-bond acceptors (Lipinski definition) is 3. The van der Waals surface area contributed by atoms with Crippen LogP contribution < -0.4 is 4.74 Å². The molecule has 26 heavy (non-hydrogen) atoms. The molecule has 0 amide bonds. The Hall–Kier alpha value is -1.52. The molecule has 2 nitrogen and oxygen atoms in total. The molecule has 140 valence electrons. The maximum absolute atomic E-state index is 13.0. The Balaban J connectivity index is 1.65. The predicted molar refractivity (Wildman–Crippen MR) is 107 cm³/mol. The standard InChI is InChI=1S/C22H28FNOS/c1-21(2)14-18(15-22(3,4)24(21)5)25-17-8-12-20(13-9-17)26-19-10-6-16(23)7-11-19/h6-13,18H,14-15H2,1-5H3. The van der Waals surface area contributed by atoms with Crippen LogP contribution in [0.4, 0.5) is 4.39 Å². The molecule has 0 radical (unpaired) electrons. The third kappa shape index (κ3) is 4.41. The molecular weight excluding hydrogens is 345 g/mol. The molecule has 1 fully saturated rings. The Morgan fingerprint density at radius 1 is 0.885 bits per heavy atom. The number of ether oxygens (including phenoxy) is 1. The second kappa shape index (κ2) is 7.24. The first-order valence-electron chi connectivity index (χ1n) is 9.10. The van der Waals surface area contributed by atoms with Crippen molar-refractivity contribution in [1.29, 1.82) is 0 Å². The normalized spacial score (nSPS) is 20.1. The summed E-state index contributed by atoms with van der Waals surface area (Å²) >= 11 is 1.62. The van der Waals surface area contributed by atoms with Crippen molar-refractivity contribution in [3.8, 4) is 5.75 Å². The molecule has 0 bridgehead atoms. The fourth-order valence-electron chi connectivity index (χ4n) is 3.78. The van der Waals surface area contributed by atoms with Gasteiger partial charge in [-0.05, 0) is 83.3 Å². The van der Waals surface area contributed by atoms with E-state index >= 15 is 0 Å². The maximum atomic E-state index is 13.0. The minimum absolute atomic E-state index is 0.116. The molecule has 4 heteroatoms. The smallest absolute Gasteiger partial charge is 0.123 e. The predicted octanol–water partition coefficient (Wildman–Crippen LogP) is 6.01. The Morgan fingerprint density at radius 3 is 1.85 bits per heavy atom. The van der Waals surface area contributed by atoms with Crippen LogP contribution in [0.1, 0.15) is 40.5 Å². The van der Waals surface area contributed by atoms with Crippen LogP contribution in [-0.4, -0.2) is 29.1 Å². The second-order valence-electron chi connectivity index (χ2n) is 8.36. The zero-order valence-corrected chi connectivity index (χ0v) is 17.1. The third-order valence-electron chi connectivity index (χ3n) is 5.45. The summed E-state index contributed by atoms with van der Waals surface area (Å²) < 4.78 is 19.3. The minimum Gasteiger partial charge on any atom is -0.490 e. The quantitative estimate of drug-likeness (QED) is 0.651. The molecule has 3 rings (SSSR count). The highest BCUT2D eigenvalue weighted by Crippen LogP contribution is 2.38. The second-order valence-corrected chi connectivity index (χ2v) is 9.51. The van der Waals surface area contributed by atoms with E-state index in [1.54, 1.807) is 23.9 Å². The number of likely N-dealkylation sites (tertiary alicyclic amines) is 1. The van der Waals surface area contributed by atoms with E-state index in [0.717, 1.165) is 28.4 Å². The Bertz CT molecular complexity index is 722. The lowest BCUT2D eigenvalue weighted by Crippen LogP contribution is -2.60. The van der Waals surface area contributed by atoms with Gasteiger partial charge in [-0.3, -0.25) is 4.90 Å². The minimum atomic E-state index is -0.206. The number of piperidine rings is 1. The van der Waals surface area contributed by atoms with Crippen LogP contribution in [0.15, 0.2) is 58.3 Å². The first kappa shape index (κ1) is 19.2. The van der Waals surface area contributed by atoms with Crippen LogP contribution in [0.3, 0.4) is 0 Å². The number of benzene rings is 2. The summed E-state index contributed by atoms with van der Waals surface area (Å²) in [5, 5.41) is 0. The van der Waals surface area contributed by atoms with Crippen molar-refractivity contribution < 1.29 is 9.13 Å². The summed E-state index contributed by atoms with van der Waals surface area (Å²) in [5.41, 5.74) is 0.232. The number of nitrogens with zero attached hydrogens (tertiary/aromatic N) is 1.